The fourth-order valence-corrected chi connectivity index (χ4v) is 1.20. The molecule has 1 aliphatic heterocycles. The molecule has 3 N–H and O–H groups in total. The maximum absolute atomic E-state index is 10.7. The summed E-state index contributed by atoms with van der Waals surface area (Å²) in [5.74, 6) is -0.949. The van der Waals surface area contributed by atoms with Crippen LogP contribution >= 0.6 is 0 Å². The first-order valence-electron chi connectivity index (χ1n) is 4.01. The van der Waals surface area contributed by atoms with Gasteiger partial charge in [-0.25, -0.2) is 10.3 Å². The van der Waals surface area contributed by atoms with Gasteiger partial charge in [-0.3, -0.25) is 0 Å². The van der Waals surface area contributed by atoms with Gasteiger partial charge < -0.3 is 5.11 Å². The number of nitrogens with zero attached hydrogens (tertiary/aromatic N) is 2. The molecule has 6 nitrogen and oxygen atoms in total. The highest BCUT2D eigenvalue weighted by Crippen LogP contribution is 2.17. The molecule has 0 bridgehead atoms. The summed E-state index contributed by atoms with van der Waals surface area (Å²) in [4.78, 5) is 10.7. The van der Waals surface area contributed by atoms with E-state index >= 15 is 0 Å². The second kappa shape index (κ2) is 3.43. The third-order valence-electron chi connectivity index (χ3n) is 1.87. The van der Waals surface area contributed by atoms with Crippen LogP contribution in [0.4, 0.5) is 0 Å². The molecule has 1 unspecified atom stereocenters. The number of aromatic carboxylic acids is 1. The van der Waals surface area contributed by atoms with Crippen molar-refractivity contribution in [2.24, 2.45) is 10.3 Å². The molecule has 6 heteroatoms. The molecule has 0 spiro atoms. The summed E-state index contributed by atoms with van der Waals surface area (Å²) in [6.07, 6.45) is -0.311. The fraction of sp³-hybridized carbons (Fsp3) is 0.125. The van der Waals surface area contributed by atoms with Crippen LogP contribution in [-0.2, 0) is 0 Å². The summed E-state index contributed by atoms with van der Waals surface area (Å²) in [6, 6.07) is 6.56. The second-order valence-electron chi connectivity index (χ2n) is 2.80. The van der Waals surface area contributed by atoms with Crippen molar-refractivity contribution in [1.82, 2.24) is 11.0 Å². The molecule has 0 aromatic heterocycles. The van der Waals surface area contributed by atoms with Gasteiger partial charge in [0.25, 0.3) is 0 Å². The van der Waals surface area contributed by atoms with Gasteiger partial charge in [0.1, 0.15) is 0 Å². The zero-order valence-corrected chi connectivity index (χ0v) is 7.14. The first-order valence-corrected chi connectivity index (χ1v) is 4.01. The number of hydrogen-bond acceptors (Lipinski definition) is 5. The van der Waals surface area contributed by atoms with Crippen molar-refractivity contribution in [3.8, 4) is 0 Å². The Hall–Kier alpha value is -1.95. The Morgan fingerprint density at radius 2 is 2.36 bits per heavy atom. The predicted molar refractivity (Wildman–Crippen MR) is 47.3 cm³/mol. The van der Waals surface area contributed by atoms with Gasteiger partial charge in [-0.15, -0.1) is 5.11 Å². The molecule has 0 saturated carbocycles. The SMILES string of the molecule is O=C(O)c1cccc(C2N=NNN2)c1. The summed E-state index contributed by atoms with van der Waals surface area (Å²) < 4.78 is 0. The summed E-state index contributed by atoms with van der Waals surface area (Å²) in [7, 11) is 0. The Morgan fingerprint density at radius 1 is 1.50 bits per heavy atom. The number of carboxylic acid groups (broad SMARTS) is 1. The molecule has 1 aliphatic rings. The fourth-order valence-electron chi connectivity index (χ4n) is 1.20. The van der Waals surface area contributed by atoms with Crippen LogP contribution in [0.1, 0.15) is 22.1 Å². The average molecular weight is 192 g/mol. The van der Waals surface area contributed by atoms with Crippen molar-refractivity contribution in [1.29, 1.82) is 0 Å². The van der Waals surface area contributed by atoms with Crippen molar-refractivity contribution < 1.29 is 9.90 Å². The topological polar surface area (TPSA) is 86.1 Å². The molecule has 14 heavy (non-hydrogen) atoms. The van der Waals surface area contributed by atoms with Crippen LogP contribution in [0.25, 0.3) is 0 Å². The van der Waals surface area contributed by atoms with Crippen LogP contribution in [0.15, 0.2) is 34.6 Å². The summed E-state index contributed by atoms with van der Waals surface area (Å²) in [5.41, 5.74) is 6.25. The molecule has 1 heterocycles. The maximum atomic E-state index is 10.7. The zero-order chi connectivity index (χ0) is 9.97. The van der Waals surface area contributed by atoms with Crippen LogP contribution < -0.4 is 11.0 Å². The van der Waals surface area contributed by atoms with Gasteiger partial charge in [-0.1, -0.05) is 17.4 Å². The third kappa shape index (κ3) is 1.55. The van der Waals surface area contributed by atoms with Gasteiger partial charge in [-0.2, -0.15) is 5.43 Å². The largest absolute Gasteiger partial charge is 0.478 e. The lowest BCUT2D eigenvalue weighted by Gasteiger charge is -2.06. The van der Waals surface area contributed by atoms with Crippen molar-refractivity contribution in [3.63, 3.8) is 0 Å². The van der Waals surface area contributed by atoms with E-state index in [0.717, 1.165) is 5.56 Å². The highest BCUT2D eigenvalue weighted by atomic mass is 16.4. The minimum absolute atomic E-state index is 0.242. The molecule has 1 aromatic carbocycles. The summed E-state index contributed by atoms with van der Waals surface area (Å²) in [6.45, 7) is 0. The lowest BCUT2D eigenvalue weighted by Crippen LogP contribution is -2.24. The quantitative estimate of drug-likeness (QED) is 0.648. The number of nitrogens with one attached hydrogen (secondary N) is 2. The molecule has 0 saturated heterocycles. The molecule has 1 aromatic rings. The Morgan fingerprint density at radius 3 is 3.00 bits per heavy atom. The molecule has 0 fully saturated rings. The monoisotopic (exact) mass is 192 g/mol. The van der Waals surface area contributed by atoms with Crippen molar-refractivity contribution in [3.05, 3.63) is 35.4 Å². The number of hydrazine groups is 1. The normalized spacial score (nSPS) is 19.3. The first kappa shape index (κ1) is 8.64. The van der Waals surface area contributed by atoms with E-state index in [9.17, 15) is 4.79 Å². The van der Waals surface area contributed by atoms with Gasteiger partial charge in [0.15, 0.2) is 6.17 Å². The number of benzene rings is 1. The van der Waals surface area contributed by atoms with Crippen LogP contribution in [0.2, 0.25) is 0 Å². The summed E-state index contributed by atoms with van der Waals surface area (Å²) in [5, 5.41) is 16.1. The number of hydrogen-bond donors (Lipinski definition) is 3. The van der Waals surface area contributed by atoms with E-state index in [4.69, 9.17) is 5.11 Å². The molecule has 2 rings (SSSR count). The Bertz CT molecular complexity index is 391. The molecule has 1 atom stereocenters. The minimum Gasteiger partial charge on any atom is -0.478 e. The van der Waals surface area contributed by atoms with Gasteiger partial charge >= 0.3 is 5.97 Å². The van der Waals surface area contributed by atoms with Gasteiger partial charge in [0, 0.05) is 0 Å². The molecule has 0 amide bonds. The predicted octanol–water partition coefficient (Wildman–Crippen LogP) is 0.858. The molecule has 0 radical (unpaired) electrons. The Labute approximate surface area is 79.6 Å². The first-order chi connectivity index (χ1) is 6.77. The van der Waals surface area contributed by atoms with E-state index in [1.54, 1.807) is 18.2 Å². The van der Waals surface area contributed by atoms with E-state index < -0.39 is 5.97 Å². The van der Waals surface area contributed by atoms with Gasteiger partial charge in [-0.05, 0) is 17.7 Å². The van der Waals surface area contributed by atoms with Crippen LogP contribution in [0, 0.1) is 0 Å². The van der Waals surface area contributed by atoms with Crippen LogP contribution in [0.3, 0.4) is 0 Å². The van der Waals surface area contributed by atoms with E-state index in [1.807, 2.05) is 0 Å². The second-order valence-corrected chi connectivity index (χ2v) is 2.80. The minimum atomic E-state index is -0.949. The molecule has 0 aliphatic carbocycles. The van der Waals surface area contributed by atoms with Crippen LogP contribution in [0.5, 0.6) is 0 Å². The molecule has 72 valence electrons. The van der Waals surface area contributed by atoms with Gasteiger partial charge in [0.05, 0.1) is 5.56 Å². The third-order valence-corrected chi connectivity index (χ3v) is 1.87. The van der Waals surface area contributed by atoms with E-state index in [2.05, 4.69) is 21.3 Å². The standard InChI is InChI=1S/C8H8N4O2/c13-8(14)6-3-1-2-5(4-6)7-9-11-12-10-7/h1-4,7H,(H,9,12)(H,10,11)(H,13,14). The molecular formula is C8H8N4O2. The average Bonchev–Trinajstić information content (AvgIpc) is 2.71. The molecular weight excluding hydrogens is 184 g/mol. The number of carboxylic acids is 1. The van der Waals surface area contributed by atoms with Crippen molar-refractivity contribution in [2.45, 2.75) is 6.17 Å². The van der Waals surface area contributed by atoms with E-state index in [0.29, 0.717) is 0 Å². The van der Waals surface area contributed by atoms with Gasteiger partial charge in [0.2, 0.25) is 0 Å². The maximum Gasteiger partial charge on any atom is 0.335 e. The lowest BCUT2D eigenvalue weighted by atomic mass is 10.1. The van der Waals surface area contributed by atoms with Crippen LogP contribution in [-0.4, -0.2) is 11.1 Å². The van der Waals surface area contributed by atoms with E-state index in [1.165, 1.54) is 6.07 Å². The number of carbonyl (C=O) groups is 1. The van der Waals surface area contributed by atoms with E-state index in [-0.39, 0.29) is 11.7 Å². The highest BCUT2D eigenvalue weighted by molar-refractivity contribution is 5.87. The summed E-state index contributed by atoms with van der Waals surface area (Å²) >= 11 is 0. The zero-order valence-electron chi connectivity index (χ0n) is 7.14. The highest BCUT2D eigenvalue weighted by Gasteiger charge is 2.14. The van der Waals surface area contributed by atoms with Crippen molar-refractivity contribution in [2.75, 3.05) is 0 Å². The van der Waals surface area contributed by atoms with Crippen molar-refractivity contribution >= 4 is 5.97 Å². The Balaban J connectivity index is 2.30. The Kier molecular flexibility index (Phi) is 2.11. The lowest BCUT2D eigenvalue weighted by molar-refractivity contribution is 0.0696. The smallest absolute Gasteiger partial charge is 0.335 e. The number of rotatable bonds is 2.